The summed E-state index contributed by atoms with van der Waals surface area (Å²) in [7, 11) is 0. The molecule has 1 unspecified atom stereocenters. The van der Waals surface area contributed by atoms with Crippen LogP contribution in [0.1, 0.15) is 22.3 Å². The Morgan fingerprint density at radius 1 is 0.438 bits per heavy atom. The molecule has 1 spiro atoms. The van der Waals surface area contributed by atoms with Gasteiger partial charge in [0.2, 0.25) is 0 Å². The lowest BCUT2D eigenvalue weighted by Gasteiger charge is -2.40. The average Bonchev–Trinajstić information content (AvgIpc) is 3.66. The lowest BCUT2D eigenvalue weighted by molar-refractivity contribution is 0.749. The second-order valence-electron chi connectivity index (χ2n) is 12.9. The van der Waals surface area contributed by atoms with Gasteiger partial charge in [-0.2, -0.15) is 0 Å². The molecule has 0 saturated carbocycles. The molecule has 0 amide bonds. The molecule has 3 nitrogen and oxygen atoms in total. The second-order valence-corrected chi connectivity index (χ2v) is 12.9. The Hall–Kier alpha value is -6.32. The third kappa shape index (κ3) is 3.13. The zero-order chi connectivity index (χ0) is 31.4. The van der Waals surface area contributed by atoms with E-state index in [1.165, 1.54) is 60.9 Å². The fraction of sp³-hybridized carbons (Fsp3) is 0.0222. The first kappa shape index (κ1) is 25.8. The van der Waals surface area contributed by atoms with Crippen molar-refractivity contribution in [2.24, 2.45) is 0 Å². The first-order valence-electron chi connectivity index (χ1n) is 16.5. The molecule has 1 aliphatic carbocycles. The average molecular weight is 610 g/mol. The topological polar surface area (TPSA) is 30.7 Å². The van der Waals surface area contributed by atoms with Gasteiger partial charge < -0.3 is 4.57 Å². The molecule has 9 aromatic rings. The molecule has 48 heavy (non-hydrogen) atoms. The molecule has 0 fully saturated rings. The standard InChI is InChI=1S/C45H27N3/c1-2-14-28(15-3-1)42-33-18-5-9-25-38(33)46-44(47-42)34-21-12-19-31-29-16-4-7-22-35(29)45(41(31)34)36-23-8-11-27-40(36)48-39-26-10-6-17-30(39)32-20-13-24-37(45)43(32)48/h1-27H. The quantitative estimate of drug-likeness (QED) is 0.195. The molecule has 2 aliphatic rings. The molecule has 0 N–H and O–H groups in total. The Balaban J connectivity index is 1.33. The molecule has 7 aromatic carbocycles. The smallest absolute Gasteiger partial charge is 0.160 e. The van der Waals surface area contributed by atoms with Gasteiger partial charge in [0, 0.05) is 27.3 Å². The van der Waals surface area contributed by atoms with Crippen LogP contribution in [0.5, 0.6) is 0 Å². The van der Waals surface area contributed by atoms with Crippen LogP contribution in [0.2, 0.25) is 0 Å². The van der Waals surface area contributed by atoms with Gasteiger partial charge in [0.1, 0.15) is 0 Å². The van der Waals surface area contributed by atoms with Crippen molar-refractivity contribution in [1.29, 1.82) is 0 Å². The van der Waals surface area contributed by atoms with E-state index in [0.29, 0.717) is 0 Å². The van der Waals surface area contributed by atoms with Crippen LogP contribution in [-0.2, 0) is 5.41 Å². The van der Waals surface area contributed by atoms with Crippen molar-refractivity contribution in [2.75, 3.05) is 0 Å². The maximum Gasteiger partial charge on any atom is 0.160 e. The van der Waals surface area contributed by atoms with E-state index in [1.54, 1.807) is 0 Å². The Morgan fingerprint density at radius 2 is 1.08 bits per heavy atom. The molecule has 222 valence electrons. The van der Waals surface area contributed by atoms with Gasteiger partial charge in [-0.3, -0.25) is 0 Å². The van der Waals surface area contributed by atoms with E-state index in [-0.39, 0.29) is 0 Å². The Labute approximate surface area is 277 Å². The molecule has 2 aromatic heterocycles. The summed E-state index contributed by atoms with van der Waals surface area (Å²) in [5.41, 5.74) is 14.8. The van der Waals surface area contributed by atoms with Gasteiger partial charge in [-0.1, -0.05) is 146 Å². The maximum atomic E-state index is 5.43. The van der Waals surface area contributed by atoms with E-state index in [2.05, 4.69) is 168 Å². The van der Waals surface area contributed by atoms with E-state index in [4.69, 9.17) is 9.97 Å². The molecule has 1 aliphatic heterocycles. The van der Waals surface area contributed by atoms with Crippen molar-refractivity contribution in [3.8, 4) is 39.5 Å². The van der Waals surface area contributed by atoms with Crippen LogP contribution in [0.15, 0.2) is 164 Å². The fourth-order valence-electron chi connectivity index (χ4n) is 8.82. The van der Waals surface area contributed by atoms with Crippen LogP contribution in [0, 0.1) is 0 Å². The van der Waals surface area contributed by atoms with Gasteiger partial charge in [0.25, 0.3) is 0 Å². The van der Waals surface area contributed by atoms with Crippen molar-refractivity contribution in [2.45, 2.75) is 5.41 Å². The first-order valence-corrected chi connectivity index (χ1v) is 16.5. The zero-order valence-electron chi connectivity index (χ0n) is 25.9. The summed E-state index contributed by atoms with van der Waals surface area (Å²) >= 11 is 0. The van der Waals surface area contributed by atoms with Crippen molar-refractivity contribution in [3.63, 3.8) is 0 Å². The first-order chi connectivity index (χ1) is 23.8. The zero-order valence-corrected chi connectivity index (χ0v) is 25.9. The van der Waals surface area contributed by atoms with Crippen LogP contribution < -0.4 is 0 Å². The minimum atomic E-state index is -0.578. The maximum absolute atomic E-state index is 5.43. The highest BCUT2D eigenvalue weighted by Gasteiger charge is 2.52. The summed E-state index contributed by atoms with van der Waals surface area (Å²) in [6.45, 7) is 0. The van der Waals surface area contributed by atoms with E-state index in [9.17, 15) is 0 Å². The normalized spacial score (nSPS) is 15.6. The Bertz CT molecular complexity index is 2790. The number of para-hydroxylation sites is 4. The van der Waals surface area contributed by atoms with E-state index in [0.717, 1.165) is 33.5 Å². The number of benzene rings is 7. The van der Waals surface area contributed by atoms with Gasteiger partial charge in [-0.15, -0.1) is 0 Å². The molecule has 0 saturated heterocycles. The van der Waals surface area contributed by atoms with E-state index < -0.39 is 5.41 Å². The Kier molecular flexibility index (Phi) is 5.04. The number of fused-ring (bicyclic) bond motifs is 13. The van der Waals surface area contributed by atoms with Gasteiger partial charge in [-0.25, -0.2) is 9.97 Å². The third-order valence-corrected chi connectivity index (χ3v) is 10.6. The van der Waals surface area contributed by atoms with Crippen LogP contribution in [-0.4, -0.2) is 14.5 Å². The lowest BCUT2D eigenvalue weighted by atomic mass is 9.64. The number of hydrogen-bond donors (Lipinski definition) is 0. The fourth-order valence-corrected chi connectivity index (χ4v) is 8.82. The van der Waals surface area contributed by atoms with Gasteiger partial charge in [0.05, 0.1) is 33.3 Å². The highest BCUT2D eigenvalue weighted by molar-refractivity contribution is 6.13. The van der Waals surface area contributed by atoms with Crippen LogP contribution in [0.3, 0.4) is 0 Å². The molecule has 11 rings (SSSR count). The second kappa shape index (κ2) is 9.37. The monoisotopic (exact) mass is 609 g/mol. The van der Waals surface area contributed by atoms with E-state index >= 15 is 0 Å². The summed E-state index contributed by atoms with van der Waals surface area (Å²) < 4.78 is 2.49. The molecule has 1 atom stereocenters. The predicted octanol–water partition coefficient (Wildman–Crippen LogP) is 10.7. The summed E-state index contributed by atoms with van der Waals surface area (Å²) in [4.78, 5) is 10.7. The summed E-state index contributed by atoms with van der Waals surface area (Å²) in [5, 5.41) is 3.59. The van der Waals surface area contributed by atoms with Crippen molar-refractivity contribution in [1.82, 2.24) is 14.5 Å². The Morgan fingerprint density at radius 3 is 2.00 bits per heavy atom. The number of aromatic nitrogens is 3. The summed E-state index contributed by atoms with van der Waals surface area (Å²) in [5.74, 6) is 0.743. The number of rotatable bonds is 2. The van der Waals surface area contributed by atoms with Crippen LogP contribution in [0.25, 0.3) is 72.2 Å². The SMILES string of the molecule is c1ccc(-c2nc(-c3cccc4c3C3(c5ccccc5-4)c4ccccc4-n4c5ccccc5c5cccc3c54)nc3ccccc23)cc1. The highest BCUT2D eigenvalue weighted by atomic mass is 15.0. The minimum Gasteiger partial charge on any atom is -0.309 e. The number of hydrogen-bond acceptors (Lipinski definition) is 2. The van der Waals surface area contributed by atoms with Crippen LogP contribution >= 0.6 is 0 Å². The van der Waals surface area contributed by atoms with Crippen molar-refractivity contribution < 1.29 is 0 Å². The van der Waals surface area contributed by atoms with Gasteiger partial charge in [0.15, 0.2) is 5.82 Å². The largest absolute Gasteiger partial charge is 0.309 e. The predicted molar refractivity (Wildman–Crippen MR) is 196 cm³/mol. The summed E-state index contributed by atoms with van der Waals surface area (Å²) in [6.07, 6.45) is 0. The summed E-state index contributed by atoms with van der Waals surface area (Å²) in [6, 6.07) is 59.3. The minimum absolute atomic E-state index is 0.578. The molecular formula is C45H27N3. The van der Waals surface area contributed by atoms with Crippen molar-refractivity contribution in [3.05, 3.63) is 186 Å². The molecule has 3 heterocycles. The van der Waals surface area contributed by atoms with Crippen molar-refractivity contribution >= 4 is 32.7 Å². The molecular weight excluding hydrogens is 583 g/mol. The van der Waals surface area contributed by atoms with Gasteiger partial charge >= 0.3 is 0 Å². The molecule has 0 bridgehead atoms. The number of nitrogens with zero attached hydrogens (tertiary/aromatic N) is 3. The highest BCUT2D eigenvalue weighted by Crippen LogP contribution is 2.62. The molecule has 3 heteroatoms. The lowest BCUT2D eigenvalue weighted by Crippen LogP contribution is -2.34. The van der Waals surface area contributed by atoms with Gasteiger partial charge in [-0.05, 0) is 51.6 Å². The van der Waals surface area contributed by atoms with E-state index in [1.807, 2.05) is 0 Å². The molecule has 0 radical (unpaired) electrons. The third-order valence-electron chi connectivity index (χ3n) is 10.6. The van der Waals surface area contributed by atoms with Crippen LogP contribution in [0.4, 0.5) is 0 Å².